The maximum Gasteiger partial charge on any atom is 0.133 e. The zero-order valence-corrected chi connectivity index (χ0v) is 12.9. The monoisotopic (exact) mass is 338 g/mol. The molecule has 24 heavy (non-hydrogen) atoms. The van der Waals surface area contributed by atoms with Crippen molar-refractivity contribution in [3.8, 4) is 23.0 Å². The second kappa shape index (κ2) is 5.12. The summed E-state index contributed by atoms with van der Waals surface area (Å²) in [6.45, 7) is 1.10. The summed E-state index contributed by atoms with van der Waals surface area (Å²) >= 11 is 0. The molecule has 0 bridgehead atoms. The Labute approximate surface area is 136 Å². The lowest BCUT2D eigenvalue weighted by molar-refractivity contribution is -0.182. The molecule has 0 amide bonds. The lowest BCUT2D eigenvalue weighted by atomic mass is 9.73. The fourth-order valence-corrected chi connectivity index (χ4v) is 3.20. The maximum atomic E-state index is 10.5. The lowest BCUT2D eigenvalue weighted by Gasteiger charge is -2.42. The molecule has 7 N–H and O–H groups in total. The molecular weight excluding hydrogens is 320 g/mol. The Morgan fingerprint density at radius 1 is 1.00 bits per heavy atom. The summed E-state index contributed by atoms with van der Waals surface area (Å²) in [7, 11) is 1.34. The van der Waals surface area contributed by atoms with E-state index in [-0.39, 0.29) is 27.6 Å². The van der Waals surface area contributed by atoms with E-state index in [9.17, 15) is 35.7 Å². The second-order valence-electron chi connectivity index (χ2n) is 6.11. The summed E-state index contributed by atoms with van der Waals surface area (Å²) in [6.07, 6.45) is -5.38. The number of aliphatic hydroxyl groups excluding tert-OH is 3. The molecule has 0 radical (unpaired) electrons. The first kappa shape index (κ1) is 16.6. The minimum absolute atomic E-state index is 0.0402. The van der Waals surface area contributed by atoms with Crippen LogP contribution in [0, 0.1) is 0 Å². The van der Waals surface area contributed by atoms with Crippen LogP contribution in [0.15, 0.2) is 12.1 Å². The van der Waals surface area contributed by atoms with Crippen molar-refractivity contribution in [3.05, 3.63) is 23.3 Å². The molecule has 0 aliphatic heterocycles. The van der Waals surface area contributed by atoms with E-state index in [0.29, 0.717) is 0 Å². The first-order chi connectivity index (χ1) is 11.1. The van der Waals surface area contributed by atoms with Gasteiger partial charge >= 0.3 is 0 Å². The number of benzene rings is 2. The average Bonchev–Trinajstić information content (AvgIpc) is 2.53. The number of methoxy groups -OCH3 is 1. The normalized spacial score (nSPS) is 29.5. The smallest absolute Gasteiger partial charge is 0.133 e. The van der Waals surface area contributed by atoms with Crippen LogP contribution in [0.5, 0.6) is 23.0 Å². The van der Waals surface area contributed by atoms with Gasteiger partial charge in [0.05, 0.1) is 12.5 Å². The van der Waals surface area contributed by atoms with Crippen LogP contribution >= 0.6 is 0 Å². The molecule has 0 aromatic heterocycles. The summed E-state index contributed by atoms with van der Waals surface area (Å²) in [4.78, 5) is 0. The first-order valence-corrected chi connectivity index (χ1v) is 7.17. The number of fused-ring (bicyclic) bond motifs is 2. The van der Waals surface area contributed by atoms with E-state index in [1.807, 2.05) is 0 Å². The van der Waals surface area contributed by atoms with Crippen LogP contribution in [0.25, 0.3) is 10.8 Å². The van der Waals surface area contributed by atoms with Gasteiger partial charge in [-0.2, -0.15) is 0 Å². The van der Waals surface area contributed by atoms with Crippen molar-refractivity contribution in [1.82, 2.24) is 0 Å². The summed E-state index contributed by atoms with van der Waals surface area (Å²) in [6, 6.07) is 2.52. The van der Waals surface area contributed by atoms with Crippen molar-refractivity contribution in [1.29, 1.82) is 0 Å². The number of hydrogen-bond acceptors (Lipinski definition) is 8. The van der Waals surface area contributed by atoms with Gasteiger partial charge in [-0.1, -0.05) is 0 Å². The maximum absolute atomic E-state index is 10.5. The van der Waals surface area contributed by atoms with Crippen LogP contribution in [0.1, 0.15) is 30.3 Å². The van der Waals surface area contributed by atoms with Crippen LogP contribution in [0.3, 0.4) is 0 Å². The highest BCUT2D eigenvalue weighted by Gasteiger charge is 2.51. The Hall–Kier alpha value is -2.26. The van der Waals surface area contributed by atoms with Gasteiger partial charge in [-0.3, -0.25) is 0 Å². The highest BCUT2D eigenvalue weighted by Crippen LogP contribution is 2.54. The Kier molecular flexibility index (Phi) is 3.54. The summed E-state index contributed by atoms with van der Waals surface area (Å²) in [5.74, 6) is -1.40. The van der Waals surface area contributed by atoms with Crippen molar-refractivity contribution in [2.75, 3.05) is 7.11 Å². The minimum atomic E-state index is -2.16. The number of hydrogen-bond donors (Lipinski definition) is 7. The molecule has 0 fully saturated rings. The first-order valence-electron chi connectivity index (χ1n) is 7.17. The molecule has 8 nitrogen and oxygen atoms in total. The molecule has 0 saturated carbocycles. The largest absolute Gasteiger partial charge is 0.507 e. The molecule has 1 aliphatic rings. The molecule has 4 atom stereocenters. The molecular formula is C16H18O8. The van der Waals surface area contributed by atoms with Gasteiger partial charge in [-0.05, 0) is 13.0 Å². The quantitative estimate of drug-likeness (QED) is 0.363. The molecule has 130 valence electrons. The average molecular weight is 338 g/mol. The molecule has 4 unspecified atom stereocenters. The van der Waals surface area contributed by atoms with E-state index in [1.54, 1.807) is 0 Å². The van der Waals surface area contributed by atoms with Crippen LogP contribution in [-0.4, -0.2) is 54.6 Å². The van der Waals surface area contributed by atoms with Gasteiger partial charge in [-0.15, -0.1) is 0 Å². The van der Waals surface area contributed by atoms with E-state index < -0.39 is 41.2 Å². The topological polar surface area (TPSA) is 151 Å². The number of phenolic OH excluding ortho intramolecular Hbond substituents is 3. The van der Waals surface area contributed by atoms with Crippen molar-refractivity contribution >= 4 is 10.8 Å². The number of ether oxygens (including phenoxy) is 1. The SMILES string of the molecule is COc1cc(O)c2c(O)c3c(c(O)c2c1)C(O)C(C)(O)C(O)C3O. The van der Waals surface area contributed by atoms with Crippen molar-refractivity contribution in [3.63, 3.8) is 0 Å². The van der Waals surface area contributed by atoms with E-state index in [1.165, 1.54) is 19.2 Å². The van der Waals surface area contributed by atoms with Crippen LogP contribution in [-0.2, 0) is 0 Å². The highest BCUT2D eigenvalue weighted by molar-refractivity contribution is 6.01. The van der Waals surface area contributed by atoms with E-state index in [0.717, 1.165) is 6.92 Å². The standard InChI is InChI=1S/C16H18O8/c1-16(23)14(21)10-9(13(20)15(16)22)12(19)8-6(11(10)18)3-5(24-2)4-7(8)17/h3-4,13-15,17-23H,1-2H3. The van der Waals surface area contributed by atoms with Gasteiger partial charge in [0.25, 0.3) is 0 Å². The number of rotatable bonds is 1. The summed E-state index contributed by atoms with van der Waals surface area (Å²) < 4.78 is 4.99. The number of phenols is 3. The lowest BCUT2D eigenvalue weighted by Crippen LogP contribution is -2.51. The molecule has 1 aliphatic carbocycles. The van der Waals surface area contributed by atoms with Crippen molar-refractivity contribution in [2.45, 2.75) is 30.8 Å². The summed E-state index contributed by atoms with van der Waals surface area (Å²) in [5.41, 5.74) is -2.84. The summed E-state index contributed by atoms with van der Waals surface area (Å²) in [5, 5.41) is 71.7. The third kappa shape index (κ3) is 1.94. The van der Waals surface area contributed by atoms with E-state index in [4.69, 9.17) is 4.74 Å². The van der Waals surface area contributed by atoms with Crippen molar-refractivity contribution < 1.29 is 40.5 Å². The third-order valence-electron chi connectivity index (χ3n) is 4.64. The Morgan fingerprint density at radius 3 is 2.21 bits per heavy atom. The molecule has 0 heterocycles. The van der Waals surface area contributed by atoms with Gasteiger partial charge in [0.15, 0.2) is 0 Å². The minimum Gasteiger partial charge on any atom is -0.507 e. The predicted octanol–water partition coefficient (Wildman–Crippen LogP) is 0.157. The zero-order valence-electron chi connectivity index (χ0n) is 12.9. The number of aromatic hydroxyl groups is 3. The number of aliphatic hydroxyl groups is 4. The fourth-order valence-electron chi connectivity index (χ4n) is 3.20. The fraction of sp³-hybridized carbons (Fsp3) is 0.375. The Balaban J connectivity index is 2.47. The molecule has 0 spiro atoms. The Bertz CT molecular complexity index is 829. The molecule has 8 heteroatoms. The molecule has 2 aromatic carbocycles. The van der Waals surface area contributed by atoms with Gasteiger partial charge in [-0.25, -0.2) is 0 Å². The molecule has 0 saturated heterocycles. The molecule has 3 rings (SSSR count). The van der Waals surface area contributed by atoms with Gasteiger partial charge in [0.1, 0.15) is 46.9 Å². The van der Waals surface area contributed by atoms with Crippen LogP contribution in [0.2, 0.25) is 0 Å². The van der Waals surface area contributed by atoms with Gasteiger partial charge in [0, 0.05) is 22.6 Å². The van der Waals surface area contributed by atoms with E-state index in [2.05, 4.69) is 0 Å². The van der Waals surface area contributed by atoms with E-state index >= 15 is 0 Å². The van der Waals surface area contributed by atoms with Gasteiger partial charge in [0.2, 0.25) is 0 Å². The van der Waals surface area contributed by atoms with Crippen LogP contribution in [0.4, 0.5) is 0 Å². The highest BCUT2D eigenvalue weighted by atomic mass is 16.5. The second-order valence-corrected chi connectivity index (χ2v) is 6.11. The zero-order chi connectivity index (χ0) is 18.0. The van der Waals surface area contributed by atoms with Gasteiger partial charge < -0.3 is 40.5 Å². The third-order valence-corrected chi connectivity index (χ3v) is 4.64. The Morgan fingerprint density at radius 2 is 1.62 bits per heavy atom. The van der Waals surface area contributed by atoms with Crippen LogP contribution < -0.4 is 4.74 Å². The predicted molar refractivity (Wildman–Crippen MR) is 82.0 cm³/mol. The van der Waals surface area contributed by atoms with Crippen molar-refractivity contribution in [2.24, 2.45) is 0 Å². The molecule has 2 aromatic rings.